The van der Waals surface area contributed by atoms with E-state index in [4.69, 9.17) is 4.42 Å². The molecule has 0 saturated heterocycles. The summed E-state index contributed by atoms with van der Waals surface area (Å²) in [5, 5.41) is 2.97. The Labute approximate surface area is 125 Å². The number of nitrogens with zero attached hydrogens (tertiary/aromatic N) is 1. The molecular weight excluding hydrogens is 264 g/mol. The normalized spacial score (nSPS) is 12.0. The highest BCUT2D eigenvalue weighted by molar-refractivity contribution is 5.81. The molecule has 1 heterocycles. The van der Waals surface area contributed by atoms with Crippen molar-refractivity contribution in [1.82, 2.24) is 5.32 Å². The van der Waals surface area contributed by atoms with Gasteiger partial charge < -0.3 is 14.6 Å². The SMILES string of the molecule is CCN(CC(=O)NC(C)c1ccc(C)o1)c1ccccc1. The molecule has 0 aliphatic carbocycles. The van der Waals surface area contributed by atoms with E-state index >= 15 is 0 Å². The van der Waals surface area contributed by atoms with E-state index in [-0.39, 0.29) is 11.9 Å². The molecule has 1 unspecified atom stereocenters. The molecule has 0 aliphatic heterocycles. The summed E-state index contributed by atoms with van der Waals surface area (Å²) in [4.78, 5) is 14.2. The molecule has 1 atom stereocenters. The average Bonchev–Trinajstić information content (AvgIpc) is 2.92. The molecule has 21 heavy (non-hydrogen) atoms. The quantitative estimate of drug-likeness (QED) is 0.886. The zero-order valence-electron chi connectivity index (χ0n) is 12.8. The molecule has 1 aromatic heterocycles. The van der Waals surface area contributed by atoms with Crippen LogP contribution in [0, 0.1) is 6.92 Å². The summed E-state index contributed by atoms with van der Waals surface area (Å²) >= 11 is 0. The predicted octanol–water partition coefficient (Wildman–Crippen LogP) is 3.29. The monoisotopic (exact) mass is 286 g/mol. The van der Waals surface area contributed by atoms with Crippen LogP contribution in [0.2, 0.25) is 0 Å². The van der Waals surface area contributed by atoms with E-state index in [2.05, 4.69) is 5.32 Å². The molecule has 4 nitrogen and oxygen atoms in total. The van der Waals surface area contributed by atoms with Crippen LogP contribution in [0.3, 0.4) is 0 Å². The van der Waals surface area contributed by atoms with Gasteiger partial charge in [0.2, 0.25) is 5.91 Å². The number of nitrogens with one attached hydrogen (secondary N) is 1. The molecule has 0 bridgehead atoms. The van der Waals surface area contributed by atoms with Gasteiger partial charge in [0.15, 0.2) is 0 Å². The molecule has 2 rings (SSSR count). The molecular formula is C17H22N2O2. The molecule has 0 fully saturated rings. The number of benzene rings is 1. The second-order valence-electron chi connectivity index (χ2n) is 5.09. The van der Waals surface area contributed by atoms with E-state index in [9.17, 15) is 4.79 Å². The van der Waals surface area contributed by atoms with E-state index in [1.165, 1.54) is 0 Å². The van der Waals surface area contributed by atoms with Crippen molar-refractivity contribution in [3.8, 4) is 0 Å². The minimum absolute atomic E-state index is 0.0118. The molecule has 0 radical (unpaired) electrons. The van der Waals surface area contributed by atoms with Crippen LogP contribution >= 0.6 is 0 Å². The number of hydrogen-bond donors (Lipinski definition) is 1. The molecule has 0 saturated carbocycles. The van der Waals surface area contributed by atoms with Gasteiger partial charge in [-0.15, -0.1) is 0 Å². The number of carbonyl (C=O) groups excluding carboxylic acids is 1. The first-order valence-corrected chi connectivity index (χ1v) is 7.26. The standard InChI is InChI=1S/C17H22N2O2/c1-4-19(15-8-6-5-7-9-15)12-17(20)18-14(3)16-11-10-13(2)21-16/h5-11,14H,4,12H2,1-3H3,(H,18,20). The molecule has 1 N–H and O–H groups in total. The van der Waals surface area contributed by atoms with Crippen LogP contribution in [0.1, 0.15) is 31.4 Å². The third-order valence-corrected chi connectivity index (χ3v) is 3.40. The maximum absolute atomic E-state index is 12.2. The number of para-hydroxylation sites is 1. The van der Waals surface area contributed by atoms with Crippen LogP contribution in [0.4, 0.5) is 5.69 Å². The Morgan fingerprint density at radius 2 is 1.95 bits per heavy atom. The number of carbonyl (C=O) groups is 1. The zero-order chi connectivity index (χ0) is 15.2. The Hall–Kier alpha value is -2.23. The van der Waals surface area contributed by atoms with Crippen molar-refractivity contribution < 1.29 is 9.21 Å². The van der Waals surface area contributed by atoms with Crippen LogP contribution in [0.15, 0.2) is 46.9 Å². The van der Waals surface area contributed by atoms with Gasteiger partial charge in [-0.3, -0.25) is 4.79 Å². The highest BCUT2D eigenvalue weighted by Crippen LogP contribution is 2.16. The summed E-state index contributed by atoms with van der Waals surface area (Å²) in [6.07, 6.45) is 0. The second-order valence-corrected chi connectivity index (χ2v) is 5.09. The van der Waals surface area contributed by atoms with E-state index in [1.807, 2.05) is 68.1 Å². The lowest BCUT2D eigenvalue weighted by atomic mass is 10.2. The summed E-state index contributed by atoms with van der Waals surface area (Å²) in [5.74, 6) is 1.62. The largest absolute Gasteiger partial charge is 0.464 e. The smallest absolute Gasteiger partial charge is 0.240 e. The highest BCUT2D eigenvalue weighted by atomic mass is 16.3. The maximum atomic E-state index is 12.2. The van der Waals surface area contributed by atoms with E-state index in [0.29, 0.717) is 6.54 Å². The Morgan fingerprint density at radius 3 is 2.52 bits per heavy atom. The minimum Gasteiger partial charge on any atom is -0.464 e. The van der Waals surface area contributed by atoms with Gasteiger partial charge in [0, 0.05) is 12.2 Å². The predicted molar refractivity (Wildman–Crippen MR) is 84.3 cm³/mol. The van der Waals surface area contributed by atoms with Gasteiger partial charge in [-0.1, -0.05) is 18.2 Å². The van der Waals surface area contributed by atoms with Crippen molar-refractivity contribution in [3.63, 3.8) is 0 Å². The van der Waals surface area contributed by atoms with Gasteiger partial charge in [0.1, 0.15) is 11.5 Å². The third kappa shape index (κ3) is 4.12. The fraction of sp³-hybridized carbons (Fsp3) is 0.353. The van der Waals surface area contributed by atoms with Crippen LogP contribution in [0.5, 0.6) is 0 Å². The summed E-state index contributed by atoms with van der Waals surface area (Å²) in [6, 6.07) is 13.6. The number of likely N-dealkylation sites (N-methyl/N-ethyl adjacent to an activating group) is 1. The number of furan rings is 1. The first-order chi connectivity index (χ1) is 10.1. The van der Waals surface area contributed by atoms with Crippen LogP contribution < -0.4 is 10.2 Å². The zero-order valence-corrected chi connectivity index (χ0v) is 12.8. The van der Waals surface area contributed by atoms with Crippen molar-refractivity contribution in [2.45, 2.75) is 26.8 Å². The summed E-state index contributed by atoms with van der Waals surface area (Å²) < 4.78 is 5.53. The maximum Gasteiger partial charge on any atom is 0.240 e. The molecule has 1 aromatic carbocycles. The first-order valence-electron chi connectivity index (χ1n) is 7.26. The van der Waals surface area contributed by atoms with Gasteiger partial charge in [-0.25, -0.2) is 0 Å². The first kappa shape index (κ1) is 15.2. The lowest BCUT2D eigenvalue weighted by molar-refractivity contribution is -0.120. The topological polar surface area (TPSA) is 45.5 Å². The lowest BCUT2D eigenvalue weighted by Gasteiger charge is -2.23. The average molecular weight is 286 g/mol. The van der Waals surface area contributed by atoms with Gasteiger partial charge in [-0.2, -0.15) is 0 Å². The van der Waals surface area contributed by atoms with E-state index in [0.717, 1.165) is 23.8 Å². The molecule has 0 aliphatic rings. The molecule has 0 spiro atoms. The van der Waals surface area contributed by atoms with Crippen LogP contribution in [-0.2, 0) is 4.79 Å². The van der Waals surface area contributed by atoms with Gasteiger partial charge in [0.25, 0.3) is 0 Å². The van der Waals surface area contributed by atoms with Crippen LogP contribution in [-0.4, -0.2) is 19.0 Å². The Bertz CT molecular complexity index is 577. The second kappa shape index (κ2) is 6.97. The Balaban J connectivity index is 1.94. The fourth-order valence-corrected chi connectivity index (χ4v) is 2.24. The van der Waals surface area contributed by atoms with Crippen molar-refractivity contribution in [1.29, 1.82) is 0 Å². The number of hydrogen-bond acceptors (Lipinski definition) is 3. The number of anilines is 1. The molecule has 1 amide bonds. The van der Waals surface area contributed by atoms with Crippen molar-refractivity contribution >= 4 is 11.6 Å². The molecule has 2 aromatic rings. The van der Waals surface area contributed by atoms with Crippen molar-refractivity contribution in [2.24, 2.45) is 0 Å². The number of amides is 1. The van der Waals surface area contributed by atoms with Crippen molar-refractivity contribution in [3.05, 3.63) is 54.0 Å². The number of aryl methyl sites for hydroxylation is 1. The summed E-state index contributed by atoms with van der Waals surface area (Å²) in [7, 11) is 0. The number of rotatable bonds is 6. The summed E-state index contributed by atoms with van der Waals surface area (Å²) in [6.45, 7) is 6.98. The summed E-state index contributed by atoms with van der Waals surface area (Å²) in [5.41, 5.74) is 1.05. The van der Waals surface area contributed by atoms with Gasteiger partial charge in [-0.05, 0) is 45.0 Å². The highest BCUT2D eigenvalue weighted by Gasteiger charge is 2.15. The minimum atomic E-state index is -0.124. The third-order valence-electron chi connectivity index (χ3n) is 3.40. The Kier molecular flexibility index (Phi) is 5.04. The lowest BCUT2D eigenvalue weighted by Crippen LogP contribution is -2.38. The Morgan fingerprint density at radius 1 is 1.24 bits per heavy atom. The molecule has 112 valence electrons. The van der Waals surface area contributed by atoms with Gasteiger partial charge in [0.05, 0.1) is 12.6 Å². The van der Waals surface area contributed by atoms with Crippen LogP contribution in [0.25, 0.3) is 0 Å². The van der Waals surface area contributed by atoms with Gasteiger partial charge >= 0.3 is 0 Å². The van der Waals surface area contributed by atoms with E-state index in [1.54, 1.807) is 0 Å². The van der Waals surface area contributed by atoms with Crippen molar-refractivity contribution in [2.75, 3.05) is 18.0 Å². The fourth-order valence-electron chi connectivity index (χ4n) is 2.24. The van der Waals surface area contributed by atoms with E-state index < -0.39 is 0 Å². The molecule has 4 heteroatoms.